The van der Waals surface area contributed by atoms with Crippen molar-refractivity contribution in [2.75, 3.05) is 39.4 Å². The third-order valence-corrected chi connectivity index (χ3v) is 5.60. The molecule has 1 aliphatic carbocycles. The number of carbonyl (C=O) groups excluding carboxylic acids is 1. The highest BCUT2D eigenvalue weighted by molar-refractivity contribution is 5.99. The lowest BCUT2D eigenvalue weighted by Crippen LogP contribution is -2.38. The number of amides is 1. The zero-order valence-electron chi connectivity index (χ0n) is 16.9. The van der Waals surface area contributed by atoms with Gasteiger partial charge in [-0.1, -0.05) is 18.9 Å². The summed E-state index contributed by atoms with van der Waals surface area (Å²) in [6.07, 6.45) is 5.33. The average Bonchev–Trinajstić information content (AvgIpc) is 3.38. The first-order valence-corrected chi connectivity index (χ1v) is 10.0. The van der Waals surface area contributed by atoms with Crippen LogP contribution >= 0.6 is 0 Å². The summed E-state index contributed by atoms with van der Waals surface area (Å²) in [4.78, 5) is 19.7. The van der Waals surface area contributed by atoms with Crippen LogP contribution < -0.4 is 19.5 Å². The van der Waals surface area contributed by atoms with Gasteiger partial charge < -0.3 is 24.4 Å². The molecule has 2 aliphatic rings. The van der Waals surface area contributed by atoms with E-state index in [1.54, 1.807) is 12.3 Å². The largest absolute Gasteiger partial charge is 0.476 e. The Morgan fingerprint density at radius 3 is 2.69 bits per heavy atom. The Kier molecular flexibility index (Phi) is 5.58. The van der Waals surface area contributed by atoms with Gasteiger partial charge in [-0.15, -0.1) is 0 Å². The van der Waals surface area contributed by atoms with E-state index in [0.717, 1.165) is 43.5 Å². The zero-order valence-corrected chi connectivity index (χ0v) is 16.9. The first-order chi connectivity index (χ1) is 14.1. The van der Waals surface area contributed by atoms with Gasteiger partial charge in [0.2, 0.25) is 18.6 Å². The summed E-state index contributed by atoms with van der Waals surface area (Å²) < 4.78 is 16.5. The number of ether oxygens (including phenoxy) is 3. The predicted molar refractivity (Wildman–Crippen MR) is 110 cm³/mol. The Balaban J connectivity index is 1.47. The molecule has 1 aromatic carbocycles. The third kappa shape index (κ3) is 4.15. The molecule has 1 aromatic heterocycles. The first kappa shape index (κ1) is 19.5. The summed E-state index contributed by atoms with van der Waals surface area (Å²) in [6, 6.07) is 9.45. The number of pyridine rings is 1. The molecule has 1 fully saturated rings. The lowest BCUT2D eigenvalue weighted by molar-refractivity contribution is -0.121. The summed E-state index contributed by atoms with van der Waals surface area (Å²) in [5.74, 6) is 1.99. The molecular formula is C22H27N3O4. The lowest BCUT2D eigenvalue weighted by atomic mass is 9.77. The molecule has 0 saturated heterocycles. The molecule has 4 rings (SSSR count). The van der Waals surface area contributed by atoms with E-state index in [0.29, 0.717) is 23.9 Å². The van der Waals surface area contributed by atoms with Crippen LogP contribution in [-0.4, -0.2) is 49.8 Å². The van der Waals surface area contributed by atoms with Crippen LogP contribution in [0.25, 0.3) is 0 Å². The summed E-state index contributed by atoms with van der Waals surface area (Å²) in [6.45, 7) is 1.61. The Bertz CT molecular complexity index is 861. The fraction of sp³-hybridized carbons (Fsp3) is 0.455. The predicted octanol–water partition coefficient (Wildman–Crippen LogP) is 3.20. The molecule has 1 N–H and O–H groups in total. The van der Waals surface area contributed by atoms with E-state index in [-0.39, 0.29) is 12.7 Å². The highest BCUT2D eigenvalue weighted by atomic mass is 16.7. The van der Waals surface area contributed by atoms with E-state index in [9.17, 15) is 4.79 Å². The van der Waals surface area contributed by atoms with Crippen molar-refractivity contribution in [1.29, 1.82) is 0 Å². The van der Waals surface area contributed by atoms with Crippen LogP contribution in [0.3, 0.4) is 0 Å². The van der Waals surface area contributed by atoms with Gasteiger partial charge in [-0.05, 0) is 50.7 Å². The fourth-order valence-electron chi connectivity index (χ4n) is 3.94. The number of fused-ring (bicyclic) bond motifs is 1. The SMILES string of the molecule is CN(C)CCOc1ccc(NC(=O)C2(c3ccc4c(c3)OCO4)CCCC2)cn1. The van der Waals surface area contributed by atoms with E-state index < -0.39 is 5.41 Å². The van der Waals surface area contributed by atoms with Crippen molar-refractivity contribution < 1.29 is 19.0 Å². The molecule has 2 heterocycles. The highest BCUT2D eigenvalue weighted by Crippen LogP contribution is 2.45. The third-order valence-electron chi connectivity index (χ3n) is 5.60. The van der Waals surface area contributed by atoms with Gasteiger partial charge in [0.15, 0.2) is 11.5 Å². The fourth-order valence-corrected chi connectivity index (χ4v) is 3.94. The molecule has 2 aromatic rings. The van der Waals surface area contributed by atoms with Gasteiger partial charge in [0.25, 0.3) is 0 Å². The molecule has 7 heteroatoms. The number of benzene rings is 1. The van der Waals surface area contributed by atoms with Gasteiger partial charge in [0.05, 0.1) is 17.3 Å². The number of hydrogen-bond acceptors (Lipinski definition) is 6. The number of anilines is 1. The van der Waals surface area contributed by atoms with Crippen LogP contribution in [0.1, 0.15) is 31.2 Å². The van der Waals surface area contributed by atoms with Gasteiger partial charge in [-0.2, -0.15) is 0 Å². The molecule has 0 spiro atoms. The van der Waals surface area contributed by atoms with Crippen molar-refractivity contribution in [3.63, 3.8) is 0 Å². The second-order valence-corrected chi connectivity index (χ2v) is 7.85. The molecule has 0 bridgehead atoms. The van der Waals surface area contributed by atoms with E-state index >= 15 is 0 Å². The maximum atomic E-state index is 13.3. The van der Waals surface area contributed by atoms with Gasteiger partial charge in [0, 0.05) is 12.6 Å². The topological polar surface area (TPSA) is 72.9 Å². The Labute approximate surface area is 171 Å². The second kappa shape index (κ2) is 8.29. The molecule has 7 nitrogen and oxygen atoms in total. The van der Waals surface area contributed by atoms with E-state index in [1.165, 1.54) is 0 Å². The van der Waals surface area contributed by atoms with Crippen LogP contribution in [0.4, 0.5) is 5.69 Å². The monoisotopic (exact) mass is 397 g/mol. The van der Waals surface area contributed by atoms with Crippen LogP contribution in [0.5, 0.6) is 17.4 Å². The van der Waals surface area contributed by atoms with Gasteiger partial charge in [0.1, 0.15) is 6.61 Å². The smallest absolute Gasteiger partial charge is 0.235 e. The standard InChI is InChI=1S/C22H27N3O4/c1-25(2)11-12-27-20-8-6-17(14-23-20)24-21(26)22(9-3-4-10-22)16-5-7-18-19(13-16)29-15-28-18/h5-8,13-14H,3-4,9-12,15H2,1-2H3,(H,24,26). The van der Waals surface area contributed by atoms with Crippen LogP contribution in [0.2, 0.25) is 0 Å². The normalized spacial score (nSPS) is 16.8. The highest BCUT2D eigenvalue weighted by Gasteiger charge is 2.43. The van der Waals surface area contributed by atoms with Crippen molar-refractivity contribution >= 4 is 11.6 Å². The van der Waals surface area contributed by atoms with Gasteiger partial charge in [-0.3, -0.25) is 4.79 Å². The van der Waals surface area contributed by atoms with Gasteiger partial charge >= 0.3 is 0 Å². The van der Waals surface area contributed by atoms with E-state index in [2.05, 4.69) is 10.3 Å². The molecule has 29 heavy (non-hydrogen) atoms. The van der Waals surface area contributed by atoms with Crippen molar-refractivity contribution in [3.05, 3.63) is 42.1 Å². The molecule has 0 radical (unpaired) electrons. The molecule has 1 saturated carbocycles. The number of aromatic nitrogens is 1. The summed E-state index contributed by atoms with van der Waals surface area (Å²) >= 11 is 0. The Morgan fingerprint density at radius 1 is 1.17 bits per heavy atom. The van der Waals surface area contributed by atoms with Crippen molar-refractivity contribution in [3.8, 4) is 17.4 Å². The van der Waals surface area contributed by atoms with E-state index in [4.69, 9.17) is 14.2 Å². The maximum Gasteiger partial charge on any atom is 0.235 e. The minimum Gasteiger partial charge on any atom is -0.476 e. The number of hydrogen-bond donors (Lipinski definition) is 1. The van der Waals surface area contributed by atoms with Crippen molar-refractivity contribution in [2.24, 2.45) is 0 Å². The van der Waals surface area contributed by atoms with Crippen LogP contribution in [0.15, 0.2) is 36.5 Å². The molecule has 0 unspecified atom stereocenters. The van der Waals surface area contributed by atoms with Crippen molar-refractivity contribution in [1.82, 2.24) is 9.88 Å². The number of nitrogens with zero attached hydrogens (tertiary/aromatic N) is 2. The quantitative estimate of drug-likeness (QED) is 0.774. The Hall–Kier alpha value is -2.80. The minimum absolute atomic E-state index is 0.00283. The van der Waals surface area contributed by atoms with Gasteiger partial charge in [-0.25, -0.2) is 4.98 Å². The summed E-state index contributed by atoms with van der Waals surface area (Å²) in [5.41, 5.74) is 1.09. The molecule has 154 valence electrons. The first-order valence-electron chi connectivity index (χ1n) is 10.0. The summed E-state index contributed by atoms with van der Waals surface area (Å²) in [7, 11) is 3.99. The number of nitrogens with one attached hydrogen (secondary N) is 1. The van der Waals surface area contributed by atoms with E-state index in [1.807, 2.05) is 43.3 Å². The number of likely N-dealkylation sites (N-methyl/N-ethyl adjacent to an activating group) is 1. The molecular weight excluding hydrogens is 370 g/mol. The maximum absolute atomic E-state index is 13.3. The van der Waals surface area contributed by atoms with Crippen molar-refractivity contribution in [2.45, 2.75) is 31.1 Å². The second-order valence-electron chi connectivity index (χ2n) is 7.85. The molecule has 1 amide bonds. The zero-order chi connectivity index (χ0) is 20.3. The molecule has 0 atom stereocenters. The Morgan fingerprint density at radius 2 is 1.97 bits per heavy atom. The molecule has 1 aliphatic heterocycles. The minimum atomic E-state index is -0.554. The summed E-state index contributed by atoms with van der Waals surface area (Å²) in [5, 5.41) is 3.06. The number of rotatable bonds is 7. The lowest BCUT2D eigenvalue weighted by Gasteiger charge is -2.28. The number of carbonyl (C=O) groups is 1. The van der Waals surface area contributed by atoms with Crippen LogP contribution in [-0.2, 0) is 10.2 Å². The van der Waals surface area contributed by atoms with Crippen LogP contribution in [0, 0.1) is 0 Å². The average molecular weight is 397 g/mol.